The third kappa shape index (κ3) is 3.18. The number of rotatable bonds is 4. The number of aliphatic hydroxyl groups is 1. The van der Waals surface area contributed by atoms with E-state index in [0.717, 1.165) is 11.3 Å². The number of aliphatic hydroxyl groups excluding tert-OH is 1. The van der Waals surface area contributed by atoms with Crippen molar-refractivity contribution in [3.05, 3.63) is 52.9 Å². The van der Waals surface area contributed by atoms with Gasteiger partial charge in [-0.1, -0.05) is 23.7 Å². The SMILES string of the molecule is Cc1cc(NC(CO)c2ccc(Cl)cc2)ncn1. The number of benzene rings is 1. The van der Waals surface area contributed by atoms with Crippen LogP contribution in [0.3, 0.4) is 0 Å². The van der Waals surface area contributed by atoms with Gasteiger partial charge in [-0.05, 0) is 24.6 Å². The van der Waals surface area contributed by atoms with Gasteiger partial charge in [0.25, 0.3) is 0 Å². The molecule has 2 rings (SSSR count). The highest BCUT2D eigenvalue weighted by molar-refractivity contribution is 6.30. The summed E-state index contributed by atoms with van der Waals surface area (Å²) in [6.07, 6.45) is 1.49. The predicted octanol–water partition coefficient (Wildman–Crippen LogP) is 2.58. The maximum Gasteiger partial charge on any atom is 0.130 e. The first-order valence-corrected chi connectivity index (χ1v) is 5.98. The van der Waals surface area contributed by atoms with E-state index in [1.54, 1.807) is 12.1 Å². The standard InChI is InChI=1S/C13H14ClN3O/c1-9-6-13(16-8-15-9)17-12(7-18)10-2-4-11(14)5-3-10/h2-6,8,12,18H,7H2,1H3,(H,15,16,17). The number of aryl methyl sites for hydroxylation is 1. The summed E-state index contributed by atoms with van der Waals surface area (Å²) in [5.41, 5.74) is 1.83. The van der Waals surface area contributed by atoms with Gasteiger partial charge in [0.15, 0.2) is 0 Å². The number of hydrogen-bond donors (Lipinski definition) is 2. The number of hydrogen-bond acceptors (Lipinski definition) is 4. The van der Waals surface area contributed by atoms with Crippen LogP contribution in [-0.4, -0.2) is 21.7 Å². The van der Waals surface area contributed by atoms with Crippen LogP contribution in [0.4, 0.5) is 5.82 Å². The largest absolute Gasteiger partial charge is 0.394 e. The van der Waals surface area contributed by atoms with E-state index in [2.05, 4.69) is 15.3 Å². The molecule has 0 spiro atoms. The summed E-state index contributed by atoms with van der Waals surface area (Å²) < 4.78 is 0. The predicted molar refractivity (Wildman–Crippen MR) is 71.7 cm³/mol. The van der Waals surface area contributed by atoms with E-state index in [1.807, 2.05) is 25.1 Å². The molecule has 94 valence electrons. The molecule has 2 N–H and O–H groups in total. The molecule has 0 saturated carbocycles. The minimum atomic E-state index is -0.212. The summed E-state index contributed by atoms with van der Waals surface area (Å²) in [5, 5.41) is 13.3. The molecule has 18 heavy (non-hydrogen) atoms. The van der Waals surface area contributed by atoms with Gasteiger partial charge in [0.2, 0.25) is 0 Å². The molecule has 1 atom stereocenters. The second kappa shape index (κ2) is 5.80. The van der Waals surface area contributed by atoms with Crippen LogP contribution in [0.2, 0.25) is 5.02 Å². The Morgan fingerprint density at radius 1 is 1.28 bits per heavy atom. The van der Waals surface area contributed by atoms with E-state index < -0.39 is 0 Å². The fourth-order valence-electron chi connectivity index (χ4n) is 1.64. The lowest BCUT2D eigenvalue weighted by Crippen LogP contribution is -2.15. The molecular weight excluding hydrogens is 250 g/mol. The van der Waals surface area contributed by atoms with Crippen LogP contribution in [0.5, 0.6) is 0 Å². The first kappa shape index (κ1) is 12.8. The molecule has 1 unspecified atom stereocenters. The highest BCUT2D eigenvalue weighted by Crippen LogP contribution is 2.20. The Balaban J connectivity index is 2.17. The summed E-state index contributed by atoms with van der Waals surface area (Å²) in [6.45, 7) is 1.87. The van der Waals surface area contributed by atoms with Gasteiger partial charge in [-0.25, -0.2) is 9.97 Å². The van der Waals surface area contributed by atoms with Gasteiger partial charge < -0.3 is 10.4 Å². The van der Waals surface area contributed by atoms with Gasteiger partial charge in [0.05, 0.1) is 12.6 Å². The molecule has 0 aliphatic carbocycles. The lowest BCUT2D eigenvalue weighted by atomic mass is 10.1. The van der Waals surface area contributed by atoms with E-state index in [1.165, 1.54) is 6.33 Å². The second-order valence-corrected chi connectivity index (χ2v) is 4.41. The monoisotopic (exact) mass is 263 g/mol. The van der Waals surface area contributed by atoms with Crippen LogP contribution in [0.1, 0.15) is 17.3 Å². The van der Waals surface area contributed by atoms with Gasteiger partial charge in [0.1, 0.15) is 12.1 Å². The number of halogens is 1. The summed E-state index contributed by atoms with van der Waals surface area (Å²) in [7, 11) is 0. The average Bonchev–Trinajstić information content (AvgIpc) is 2.37. The maximum absolute atomic E-state index is 9.44. The molecule has 0 radical (unpaired) electrons. The molecule has 1 aromatic heterocycles. The molecule has 5 heteroatoms. The fraction of sp³-hybridized carbons (Fsp3) is 0.231. The van der Waals surface area contributed by atoms with Crippen molar-refractivity contribution in [3.8, 4) is 0 Å². The highest BCUT2D eigenvalue weighted by atomic mass is 35.5. The number of anilines is 1. The topological polar surface area (TPSA) is 58.0 Å². The zero-order valence-corrected chi connectivity index (χ0v) is 10.7. The minimum Gasteiger partial charge on any atom is -0.394 e. The molecule has 4 nitrogen and oxygen atoms in total. The van der Waals surface area contributed by atoms with Crippen molar-refractivity contribution in [2.75, 3.05) is 11.9 Å². The highest BCUT2D eigenvalue weighted by Gasteiger charge is 2.10. The lowest BCUT2D eigenvalue weighted by Gasteiger charge is -2.17. The molecule has 0 fully saturated rings. The van der Waals surface area contributed by atoms with Crippen molar-refractivity contribution >= 4 is 17.4 Å². The molecular formula is C13H14ClN3O. The van der Waals surface area contributed by atoms with Crippen molar-refractivity contribution < 1.29 is 5.11 Å². The summed E-state index contributed by atoms with van der Waals surface area (Å²) >= 11 is 5.84. The zero-order valence-electron chi connectivity index (χ0n) is 9.97. The van der Waals surface area contributed by atoms with Crippen LogP contribution in [0.25, 0.3) is 0 Å². The third-order valence-corrected chi connectivity index (χ3v) is 2.83. The number of nitrogens with one attached hydrogen (secondary N) is 1. The van der Waals surface area contributed by atoms with Crippen molar-refractivity contribution in [1.82, 2.24) is 9.97 Å². The fourth-order valence-corrected chi connectivity index (χ4v) is 1.77. The van der Waals surface area contributed by atoms with Gasteiger partial charge in [-0.3, -0.25) is 0 Å². The van der Waals surface area contributed by atoms with Crippen molar-refractivity contribution in [2.45, 2.75) is 13.0 Å². The molecule has 0 aliphatic rings. The van der Waals surface area contributed by atoms with Crippen molar-refractivity contribution in [3.63, 3.8) is 0 Å². The summed E-state index contributed by atoms with van der Waals surface area (Å²) in [4.78, 5) is 8.14. The molecule has 0 aliphatic heterocycles. The number of aromatic nitrogens is 2. The smallest absolute Gasteiger partial charge is 0.130 e. The van der Waals surface area contributed by atoms with E-state index in [4.69, 9.17) is 11.6 Å². The Bertz CT molecular complexity index is 516. The van der Waals surface area contributed by atoms with Crippen molar-refractivity contribution in [2.24, 2.45) is 0 Å². The summed E-state index contributed by atoms with van der Waals surface area (Å²) in [6, 6.07) is 8.98. The van der Waals surface area contributed by atoms with Crippen LogP contribution in [0, 0.1) is 6.92 Å². The summed E-state index contributed by atoms with van der Waals surface area (Å²) in [5.74, 6) is 0.691. The Morgan fingerprint density at radius 3 is 2.61 bits per heavy atom. The zero-order chi connectivity index (χ0) is 13.0. The Morgan fingerprint density at radius 2 is 2.00 bits per heavy atom. The molecule has 0 saturated heterocycles. The molecule has 1 aromatic carbocycles. The van der Waals surface area contributed by atoms with E-state index in [9.17, 15) is 5.11 Å². The van der Waals surface area contributed by atoms with E-state index in [-0.39, 0.29) is 12.6 Å². The van der Waals surface area contributed by atoms with Gasteiger partial charge >= 0.3 is 0 Å². The maximum atomic E-state index is 9.44. The molecule has 0 amide bonds. The van der Waals surface area contributed by atoms with Crippen LogP contribution < -0.4 is 5.32 Å². The van der Waals surface area contributed by atoms with E-state index >= 15 is 0 Å². The lowest BCUT2D eigenvalue weighted by molar-refractivity contribution is 0.276. The van der Waals surface area contributed by atoms with Gasteiger partial charge in [-0.2, -0.15) is 0 Å². The van der Waals surface area contributed by atoms with Crippen LogP contribution in [0.15, 0.2) is 36.7 Å². The molecule has 2 aromatic rings. The average molecular weight is 264 g/mol. The van der Waals surface area contributed by atoms with Gasteiger partial charge in [0, 0.05) is 16.8 Å². The van der Waals surface area contributed by atoms with Gasteiger partial charge in [-0.15, -0.1) is 0 Å². The molecule has 0 bridgehead atoms. The van der Waals surface area contributed by atoms with E-state index in [0.29, 0.717) is 10.8 Å². The number of nitrogens with zero attached hydrogens (tertiary/aromatic N) is 2. The van der Waals surface area contributed by atoms with Crippen LogP contribution in [-0.2, 0) is 0 Å². The molecule has 1 heterocycles. The quantitative estimate of drug-likeness (QED) is 0.890. The Kier molecular flexibility index (Phi) is 4.12. The second-order valence-electron chi connectivity index (χ2n) is 3.98. The Hall–Kier alpha value is -1.65. The minimum absolute atomic E-state index is 0.0231. The van der Waals surface area contributed by atoms with Crippen LogP contribution >= 0.6 is 11.6 Å². The third-order valence-electron chi connectivity index (χ3n) is 2.58. The first-order valence-electron chi connectivity index (χ1n) is 5.60. The Labute approximate surface area is 111 Å². The first-order chi connectivity index (χ1) is 8.69. The van der Waals surface area contributed by atoms with Crippen molar-refractivity contribution in [1.29, 1.82) is 0 Å². The normalized spacial score (nSPS) is 12.2.